The van der Waals surface area contributed by atoms with Gasteiger partial charge in [-0.05, 0) is 35.9 Å². The highest BCUT2D eigenvalue weighted by Crippen LogP contribution is 2.26. The molecule has 0 radical (unpaired) electrons. The first-order valence-electron chi connectivity index (χ1n) is 6.99. The summed E-state index contributed by atoms with van der Waals surface area (Å²) in [5, 5.41) is 10.7. The van der Waals surface area contributed by atoms with Gasteiger partial charge in [0.1, 0.15) is 0 Å². The number of nitrogens with one attached hydrogen (secondary N) is 1. The zero-order valence-electron chi connectivity index (χ0n) is 12.6. The summed E-state index contributed by atoms with van der Waals surface area (Å²) < 4.78 is 5.49. The van der Waals surface area contributed by atoms with Crippen LogP contribution in [0.3, 0.4) is 0 Å². The second kappa shape index (κ2) is 6.76. The minimum absolute atomic E-state index is 0.258. The number of anilines is 1. The van der Waals surface area contributed by atoms with Crippen LogP contribution in [0.25, 0.3) is 0 Å². The van der Waals surface area contributed by atoms with Gasteiger partial charge in [0.15, 0.2) is 5.71 Å². The van der Waals surface area contributed by atoms with Crippen LogP contribution in [0.1, 0.15) is 21.5 Å². The number of ether oxygens (including phenoxy) is 1. The highest BCUT2D eigenvalue weighted by atomic mass is 79.9. The van der Waals surface area contributed by atoms with Crippen LogP contribution in [-0.4, -0.2) is 30.9 Å². The molecular weight excluding hydrogens is 374 g/mol. The van der Waals surface area contributed by atoms with Gasteiger partial charge in [-0.2, -0.15) is 5.10 Å². The Morgan fingerprint density at radius 2 is 1.96 bits per heavy atom. The average Bonchev–Trinajstić information content (AvgIpc) is 2.90. The molecule has 1 amide bonds. The molecule has 120 valence electrons. The quantitative estimate of drug-likeness (QED) is 0.500. The molecule has 0 aliphatic carbocycles. The molecule has 0 unspecified atom stereocenters. The van der Waals surface area contributed by atoms with Crippen molar-refractivity contribution in [1.29, 1.82) is 0 Å². The predicted molar refractivity (Wildman–Crippen MR) is 94.7 cm³/mol. The number of amides is 1. The van der Waals surface area contributed by atoms with Gasteiger partial charge in [-0.3, -0.25) is 4.79 Å². The number of halogens is 1. The fourth-order valence-electron chi connectivity index (χ4n) is 2.20. The van der Waals surface area contributed by atoms with Gasteiger partial charge in [-0.1, -0.05) is 28.1 Å². The van der Waals surface area contributed by atoms with Crippen molar-refractivity contribution in [2.24, 2.45) is 10.2 Å². The van der Waals surface area contributed by atoms with E-state index in [2.05, 4.69) is 36.2 Å². The molecule has 0 bridgehead atoms. The van der Waals surface area contributed by atoms with Gasteiger partial charge < -0.3 is 10.1 Å². The van der Waals surface area contributed by atoms with Crippen LogP contribution in [0.2, 0.25) is 0 Å². The van der Waals surface area contributed by atoms with Gasteiger partial charge in [-0.25, -0.2) is 4.79 Å². The van der Waals surface area contributed by atoms with Gasteiger partial charge >= 0.3 is 5.97 Å². The second-order valence-electron chi connectivity index (χ2n) is 4.95. The molecule has 0 saturated heterocycles. The predicted octanol–water partition coefficient (Wildman–Crippen LogP) is 3.01. The fourth-order valence-corrected chi connectivity index (χ4v) is 2.56. The summed E-state index contributed by atoms with van der Waals surface area (Å²) in [5.41, 5.74) is 2.87. The molecule has 3 rings (SSSR count). The summed E-state index contributed by atoms with van der Waals surface area (Å²) in [4.78, 5) is 23.3. The SMILES string of the molecule is COC(=O)c1ccc(C=N/N=C2\C(=O)Nc3ccc(Br)cc32)cc1. The summed E-state index contributed by atoms with van der Waals surface area (Å²) in [7, 11) is 1.33. The van der Waals surface area contributed by atoms with Crippen molar-refractivity contribution in [3.8, 4) is 0 Å². The van der Waals surface area contributed by atoms with Crippen molar-refractivity contribution in [3.05, 3.63) is 63.6 Å². The topological polar surface area (TPSA) is 80.1 Å². The first-order chi connectivity index (χ1) is 11.6. The molecule has 1 aliphatic rings. The van der Waals surface area contributed by atoms with E-state index >= 15 is 0 Å². The molecule has 1 N–H and O–H groups in total. The van der Waals surface area contributed by atoms with E-state index in [4.69, 9.17) is 0 Å². The number of hydrogen-bond acceptors (Lipinski definition) is 5. The van der Waals surface area contributed by atoms with E-state index in [0.29, 0.717) is 16.8 Å². The lowest BCUT2D eigenvalue weighted by molar-refractivity contribution is -0.110. The van der Waals surface area contributed by atoms with Crippen LogP contribution in [0, 0.1) is 0 Å². The third-order valence-electron chi connectivity index (χ3n) is 3.40. The molecule has 1 heterocycles. The Morgan fingerprint density at radius 1 is 1.21 bits per heavy atom. The van der Waals surface area contributed by atoms with E-state index in [1.54, 1.807) is 30.3 Å². The van der Waals surface area contributed by atoms with E-state index < -0.39 is 5.97 Å². The average molecular weight is 386 g/mol. The van der Waals surface area contributed by atoms with Gasteiger partial charge in [-0.15, -0.1) is 5.10 Å². The van der Waals surface area contributed by atoms with E-state index in [1.165, 1.54) is 13.3 Å². The van der Waals surface area contributed by atoms with Gasteiger partial charge in [0.25, 0.3) is 5.91 Å². The van der Waals surface area contributed by atoms with Gasteiger partial charge in [0.2, 0.25) is 0 Å². The van der Waals surface area contributed by atoms with Crippen molar-refractivity contribution in [3.63, 3.8) is 0 Å². The first-order valence-corrected chi connectivity index (χ1v) is 7.78. The summed E-state index contributed by atoms with van der Waals surface area (Å²) in [5.74, 6) is -0.690. The number of hydrogen-bond donors (Lipinski definition) is 1. The number of methoxy groups -OCH3 is 1. The highest BCUT2D eigenvalue weighted by Gasteiger charge is 2.26. The van der Waals surface area contributed by atoms with E-state index in [9.17, 15) is 9.59 Å². The summed E-state index contributed by atoms with van der Waals surface area (Å²) in [6.45, 7) is 0. The Labute approximate surface area is 146 Å². The third kappa shape index (κ3) is 3.26. The number of nitrogens with zero attached hydrogens (tertiary/aromatic N) is 2. The highest BCUT2D eigenvalue weighted by molar-refractivity contribution is 9.10. The third-order valence-corrected chi connectivity index (χ3v) is 3.89. The molecule has 1 aliphatic heterocycles. The molecule has 2 aromatic rings. The monoisotopic (exact) mass is 385 g/mol. The van der Waals surface area contributed by atoms with Crippen LogP contribution < -0.4 is 5.32 Å². The van der Waals surface area contributed by atoms with Crippen molar-refractivity contribution in [2.45, 2.75) is 0 Å². The molecule has 0 atom stereocenters. The van der Waals surface area contributed by atoms with Gasteiger partial charge in [0.05, 0.1) is 24.6 Å². The number of rotatable bonds is 3. The molecular formula is C17H12BrN3O3. The maximum atomic E-state index is 12.0. The van der Waals surface area contributed by atoms with Crippen molar-refractivity contribution in [2.75, 3.05) is 12.4 Å². The van der Waals surface area contributed by atoms with E-state index in [-0.39, 0.29) is 11.6 Å². The molecule has 6 nitrogen and oxygen atoms in total. The lowest BCUT2D eigenvalue weighted by atomic mass is 10.1. The van der Waals surface area contributed by atoms with Gasteiger partial charge in [0, 0.05) is 10.0 Å². The number of carbonyl (C=O) groups excluding carboxylic acids is 2. The molecule has 0 fully saturated rings. The normalized spacial score (nSPS) is 14.8. The molecule has 2 aromatic carbocycles. The largest absolute Gasteiger partial charge is 0.465 e. The number of carbonyl (C=O) groups is 2. The van der Waals surface area contributed by atoms with Crippen molar-refractivity contribution in [1.82, 2.24) is 0 Å². The second-order valence-corrected chi connectivity index (χ2v) is 5.87. The van der Waals surface area contributed by atoms with Crippen LogP contribution in [0.4, 0.5) is 5.69 Å². The van der Waals surface area contributed by atoms with Crippen LogP contribution in [0.5, 0.6) is 0 Å². The Morgan fingerprint density at radius 3 is 2.67 bits per heavy atom. The van der Waals surface area contributed by atoms with Crippen LogP contribution in [0.15, 0.2) is 57.1 Å². The maximum Gasteiger partial charge on any atom is 0.337 e. The summed E-state index contributed by atoms with van der Waals surface area (Å²) >= 11 is 3.37. The van der Waals surface area contributed by atoms with Crippen LogP contribution >= 0.6 is 15.9 Å². The Bertz CT molecular complexity index is 873. The Hall–Kier alpha value is -2.80. The van der Waals surface area contributed by atoms with Crippen LogP contribution in [-0.2, 0) is 9.53 Å². The van der Waals surface area contributed by atoms with E-state index in [1.807, 2.05) is 12.1 Å². The van der Waals surface area contributed by atoms with Crippen molar-refractivity contribution >= 4 is 45.4 Å². The number of fused-ring (bicyclic) bond motifs is 1. The molecule has 7 heteroatoms. The molecule has 0 saturated carbocycles. The smallest absolute Gasteiger partial charge is 0.337 e. The number of benzene rings is 2. The minimum Gasteiger partial charge on any atom is -0.465 e. The lowest BCUT2D eigenvalue weighted by Gasteiger charge is -1.98. The maximum absolute atomic E-state index is 12.0. The zero-order chi connectivity index (χ0) is 17.1. The number of esters is 1. The van der Waals surface area contributed by atoms with Crippen molar-refractivity contribution < 1.29 is 14.3 Å². The Kier molecular flexibility index (Phi) is 4.52. The zero-order valence-corrected chi connectivity index (χ0v) is 14.2. The standard InChI is InChI=1S/C17H12BrN3O3/c1-24-17(23)11-4-2-10(3-5-11)9-19-21-15-13-8-12(18)6-7-14(13)20-16(15)22/h2-9H,1H3,(H,20,21,22). The van der Waals surface area contributed by atoms with E-state index in [0.717, 1.165) is 10.0 Å². The molecule has 24 heavy (non-hydrogen) atoms. The summed E-state index contributed by atoms with van der Waals surface area (Å²) in [6, 6.07) is 12.2. The summed E-state index contributed by atoms with van der Waals surface area (Å²) in [6.07, 6.45) is 1.51. The lowest BCUT2D eigenvalue weighted by Crippen LogP contribution is -2.13. The first kappa shape index (κ1) is 16.1. The fraction of sp³-hybridized carbons (Fsp3) is 0.0588. The molecule has 0 aromatic heterocycles. The minimum atomic E-state index is -0.399. The molecule has 0 spiro atoms. The Balaban J connectivity index is 1.81.